The highest BCUT2D eigenvalue weighted by molar-refractivity contribution is 5.96. The Morgan fingerprint density at radius 1 is 0.370 bits per heavy atom. The van der Waals surface area contributed by atoms with Gasteiger partial charge in [0, 0.05) is 45.0 Å². The minimum atomic E-state index is -0.172. The van der Waals surface area contributed by atoms with Crippen molar-refractivity contribution >= 4 is 34.1 Å². The molecule has 0 aromatic heterocycles. The molecule has 0 atom stereocenters. The van der Waals surface area contributed by atoms with Crippen molar-refractivity contribution in [3.05, 3.63) is 191 Å². The lowest BCUT2D eigenvalue weighted by molar-refractivity contribution is 0.640. The molecule has 0 amide bonds. The lowest BCUT2D eigenvalue weighted by Crippen LogP contribution is -2.22. The van der Waals surface area contributed by atoms with Crippen LogP contribution >= 0.6 is 0 Å². The first-order chi connectivity index (χ1) is 26.3. The fraction of sp³-hybridized carbons (Fsp3) is 0.192. The van der Waals surface area contributed by atoms with E-state index in [1.54, 1.807) is 0 Å². The highest BCUT2D eigenvalue weighted by Crippen LogP contribution is 2.61. The van der Waals surface area contributed by atoms with Crippen molar-refractivity contribution in [1.82, 2.24) is 0 Å². The Balaban J connectivity index is 1.23. The second-order valence-electron chi connectivity index (χ2n) is 15.9. The van der Waals surface area contributed by atoms with E-state index in [0.29, 0.717) is 0 Å². The summed E-state index contributed by atoms with van der Waals surface area (Å²) in [5.74, 6) is 0. The third-order valence-electron chi connectivity index (χ3n) is 12.1. The molecule has 2 nitrogen and oxygen atoms in total. The maximum atomic E-state index is 2.48. The molecule has 2 heteroatoms. The van der Waals surface area contributed by atoms with Gasteiger partial charge < -0.3 is 9.80 Å². The minimum absolute atomic E-state index is 0.172. The minimum Gasteiger partial charge on any atom is -0.310 e. The molecule has 0 heterocycles. The number of hydrogen-bond acceptors (Lipinski definition) is 2. The molecule has 7 aromatic carbocycles. The van der Waals surface area contributed by atoms with Gasteiger partial charge in [-0.15, -0.1) is 0 Å². The van der Waals surface area contributed by atoms with Crippen molar-refractivity contribution in [1.29, 1.82) is 0 Å². The molecule has 0 N–H and O–H groups in total. The first-order valence-corrected chi connectivity index (χ1v) is 19.6. The topological polar surface area (TPSA) is 6.48 Å². The molecule has 0 radical (unpaired) electrons. The SMILES string of the molecule is CCc1c2c(c(CC)c3c1C(C)(C)c1cc(N(c4ccccc4)c4ccccc4)ccc1-3)C(C)(C)c1cc(N(c3ccccc3)c3ccccc3)ccc1-2. The lowest BCUT2D eigenvalue weighted by atomic mass is 9.73. The molecule has 0 aliphatic heterocycles. The summed E-state index contributed by atoms with van der Waals surface area (Å²) < 4.78 is 0. The molecule has 2 aliphatic carbocycles. The van der Waals surface area contributed by atoms with Crippen LogP contribution in [0, 0.1) is 0 Å². The molecule has 0 fully saturated rings. The summed E-state index contributed by atoms with van der Waals surface area (Å²) in [4.78, 5) is 4.79. The first kappa shape index (κ1) is 33.9. The average Bonchev–Trinajstić information content (AvgIpc) is 3.58. The second kappa shape index (κ2) is 12.9. The van der Waals surface area contributed by atoms with E-state index in [-0.39, 0.29) is 10.8 Å². The van der Waals surface area contributed by atoms with Gasteiger partial charge in [-0.25, -0.2) is 0 Å². The van der Waals surface area contributed by atoms with E-state index in [0.717, 1.165) is 35.6 Å². The van der Waals surface area contributed by atoms with Gasteiger partial charge in [-0.2, -0.15) is 0 Å². The number of benzene rings is 7. The zero-order valence-electron chi connectivity index (χ0n) is 32.3. The standard InChI is InChI=1S/C52H48N2/c1-7-41-47-43-31-29-39(53(35-21-13-9-14-22-35)36-23-15-10-16-24-36)33-45(43)52(5,6)50(47)42(8-2)48-44-32-30-40(34-46(44)51(3,4)49(41)48)54(37-25-17-11-18-26-37)38-27-19-12-20-28-38/h9-34H,7-8H2,1-6H3. The Hall–Kier alpha value is -5.86. The molecule has 2 aliphatic rings. The average molecular weight is 701 g/mol. The predicted octanol–water partition coefficient (Wildman–Crippen LogP) is 14.4. The summed E-state index contributed by atoms with van der Waals surface area (Å²) in [6, 6.07) is 57.6. The smallest absolute Gasteiger partial charge is 0.0465 e. The van der Waals surface area contributed by atoms with Crippen LogP contribution in [0.4, 0.5) is 34.1 Å². The van der Waals surface area contributed by atoms with Crippen LogP contribution in [0.1, 0.15) is 74.9 Å². The highest BCUT2D eigenvalue weighted by atomic mass is 15.1. The predicted molar refractivity (Wildman–Crippen MR) is 230 cm³/mol. The van der Waals surface area contributed by atoms with Crippen molar-refractivity contribution in [2.45, 2.75) is 65.2 Å². The van der Waals surface area contributed by atoms with E-state index in [9.17, 15) is 0 Å². The van der Waals surface area contributed by atoms with Gasteiger partial charge in [0.15, 0.2) is 0 Å². The van der Waals surface area contributed by atoms with Crippen molar-refractivity contribution in [2.75, 3.05) is 9.80 Å². The second-order valence-corrected chi connectivity index (χ2v) is 15.9. The normalized spacial score (nSPS) is 14.2. The van der Waals surface area contributed by atoms with E-state index >= 15 is 0 Å². The molecule has 7 aromatic rings. The number of para-hydroxylation sites is 4. The number of fused-ring (bicyclic) bond motifs is 6. The van der Waals surface area contributed by atoms with Crippen molar-refractivity contribution < 1.29 is 0 Å². The fourth-order valence-electron chi connectivity index (χ4n) is 9.82. The van der Waals surface area contributed by atoms with Crippen molar-refractivity contribution in [3.8, 4) is 22.3 Å². The molecular weight excluding hydrogens is 653 g/mol. The van der Waals surface area contributed by atoms with Crippen LogP contribution in [0.15, 0.2) is 158 Å². The van der Waals surface area contributed by atoms with Crippen LogP contribution < -0.4 is 9.80 Å². The van der Waals surface area contributed by atoms with Gasteiger partial charge in [0.25, 0.3) is 0 Å². The van der Waals surface area contributed by atoms with Gasteiger partial charge in [-0.05, 0) is 141 Å². The molecule has 0 bridgehead atoms. The van der Waals surface area contributed by atoms with E-state index in [4.69, 9.17) is 0 Å². The molecular formula is C52H48N2. The third-order valence-corrected chi connectivity index (χ3v) is 12.1. The van der Waals surface area contributed by atoms with Gasteiger partial charge in [0.2, 0.25) is 0 Å². The lowest BCUT2D eigenvalue weighted by Gasteiger charge is -2.31. The molecule has 54 heavy (non-hydrogen) atoms. The van der Waals surface area contributed by atoms with E-state index in [1.807, 2.05) is 0 Å². The number of anilines is 6. The van der Waals surface area contributed by atoms with Crippen LogP contribution in [0.3, 0.4) is 0 Å². The summed E-state index contributed by atoms with van der Waals surface area (Å²) in [5, 5.41) is 0. The summed E-state index contributed by atoms with van der Waals surface area (Å²) >= 11 is 0. The Bertz CT molecular complexity index is 2240. The summed E-state index contributed by atoms with van der Waals surface area (Å²) in [5.41, 5.74) is 21.3. The van der Waals surface area contributed by atoms with Crippen molar-refractivity contribution in [2.24, 2.45) is 0 Å². The maximum Gasteiger partial charge on any atom is 0.0465 e. The summed E-state index contributed by atoms with van der Waals surface area (Å²) in [6.07, 6.45) is 1.97. The molecule has 0 unspecified atom stereocenters. The van der Waals surface area contributed by atoms with Crippen LogP contribution in [0.5, 0.6) is 0 Å². The van der Waals surface area contributed by atoms with Gasteiger partial charge in [0.05, 0.1) is 0 Å². The Labute approximate surface area is 321 Å². The van der Waals surface area contributed by atoms with Crippen LogP contribution in [-0.4, -0.2) is 0 Å². The van der Waals surface area contributed by atoms with Crippen LogP contribution in [0.2, 0.25) is 0 Å². The monoisotopic (exact) mass is 700 g/mol. The van der Waals surface area contributed by atoms with Crippen LogP contribution in [-0.2, 0) is 23.7 Å². The summed E-state index contributed by atoms with van der Waals surface area (Å²) in [7, 11) is 0. The largest absolute Gasteiger partial charge is 0.310 e. The van der Waals surface area contributed by atoms with E-state index < -0.39 is 0 Å². The van der Waals surface area contributed by atoms with Crippen LogP contribution in [0.25, 0.3) is 22.3 Å². The quantitative estimate of drug-likeness (QED) is 0.156. The van der Waals surface area contributed by atoms with Gasteiger partial charge in [-0.3, -0.25) is 0 Å². The Kier molecular flexibility index (Phi) is 8.12. The number of rotatable bonds is 8. The molecule has 0 spiro atoms. The summed E-state index contributed by atoms with van der Waals surface area (Å²) in [6.45, 7) is 14.6. The number of hydrogen-bond donors (Lipinski definition) is 0. The Morgan fingerprint density at radius 2 is 0.667 bits per heavy atom. The van der Waals surface area contributed by atoms with Gasteiger partial charge >= 0.3 is 0 Å². The molecule has 266 valence electrons. The molecule has 0 saturated heterocycles. The van der Waals surface area contributed by atoms with E-state index in [2.05, 4.69) is 209 Å². The highest BCUT2D eigenvalue weighted by Gasteiger charge is 2.46. The van der Waals surface area contributed by atoms with Gasteiger partial charge in [0.1, 0.15) is 0 Å². The number of nitrogens with zero attached hydrogens (tertiary/aromatic N) is 2. The maximum absolute atomic E-state index is 2.48. The van der Waals surface area contributed by atoms with Gasteiger partial charge in [-0.1, -0.05) is 126 Å². The Morgan fingerprint density at radius 3 is 0.944 bits per heavy atom. The van der Waals surface area contributed by atoms with E-state index in [1.165, 1.54) is 67.0 Å². The van der Waals surface area contributed by atoms with Crippen molar-refractivity contribution in [3.63, 3.8) is 0 Å². The third kappa shape index (κ3) is 5.07. The zero-order valence-corrected chi connectivity index (χ0v) is 32.3. The zero-order chi connectivity index (χ0) is 37.2. The molecule has 0 saturated carbocycles. The first-order valence-electron chi connectivity index (χ1n) is 19.6. The fourth-order valence-corrected chi connectivity index (χ4v) is 9.82. The molecule has 9 rings (SSSR count).